The molecule has 0 amide bonds. The molecule has 2 rings (SSSR count). The first-order chi connectivity index (χ1) is 8.78. The number of anilines is 2. The van der Waals surface area contributed by atoms with Gasteiger partial charge in [0.1, 0.15) is 0 Å². The van der Waals surface area contributed by atoms with Gasteiger partial charge in [0.2, 0.25) is 0 Å². The highest BCUT2D eigenvalue weighted by atomic mass is 35.5. The van der Waals surface area contributed by atoms with E-state index in [4.69, 9.17) is 28.9 Å². The summed E-state index contributed by atoms with van der Waals surface area (Å²) in [6.07, 6.45) is 0. The van der Waals surface area contributed by atoms with Gasteiger partial charge in [0.25, 0.3) is 10.0 Å². The number of rotatable bonds is 3. The van der Waals surface area contributed by atoms with Gasteiger partial charge in [-0.05, 0) is 25.1 Å². The second-order valence-corrected chi connectivity index (χ2v) is 7.47. The number of thiazole rings is 1. The molecule has 2 aromatic rings. The lowest BCUT2D eigenvalue weighted by Crippen LogP contribution is -2.12. The van der Waals surface area contributed by atoms with Crippen molar-refractivity contribution in [2.24, 2.45) is 0 Å². The Balaban J connectivity index is 2.39. The third-order valence-corrected chi connectivity index (χ3v) is 5.54. The first kappa shape index (κ1) is 14.4. The monoisotopic (exact) mass is 337 g/mol. The number of sulfonamides is 1. The van der Waals surface area contributed by atoms with E-state index in [0.29, 0.717) is 15.7 Å². The number of nitrogens with one attached hydrogen (secondary N) is 1. The SMILES string of the molecule is Cc1nc(N)sc1S(=O)(=O)Nc1cc(Cl)cc(Cl)c1. The van der Waals surface area contributed by atoms with E-state index in [9.17, 15) is 8.42 Å². The molecular formula is C10H9Cl2N3O2S2. The van der Waals surface area contributed by atoms with Crippen LogP contribution in [0.4, 0.5) is 10.8 Å². The molecule has 0 fully saturated rings. The third-order valence-electron chi connectivity index (χ3n) is 2.13. The Labute approximate surface area is 124 Å². The normalized spacial score (nSPS) is 11.5. The van der Waals surface area contributed by atoms with Crippen molar-refractivity contribution in [1.29, 1.82) is 0 Å². The molecule has 9 heteroatoms. The minimum absolute atomic E-state index is 0.0705. The van der Waals surface area contributed by atoms with E-state index >= 15 is 0 Å². The molecule has 0 spiro atoms. The van der Waals surface area contributed by atoms with Crippen molar-refractivity contribution >= 4 is 55.4 Å². The van der Waals surface area contributed by atoms with E-state index in [2.05, 4.69) is 9.71 Å². The van der Waals surface area contributed by atoms with Gasteiger partial charge in [0, 0.05) is 10.0 Å². The van der Waals surface area contributed by atoms with Gasteiger partial charge >= 0.3 is 0 Å². The van der Waals surface area contributed by atoms with Gasteiger partial charge < -0.3 is 5.73 Å². The minimum atomic E-state index is -3.75. The summed E-state index contributed by atoms with van der Waals surface area (Å²) in [6, 6.07) is 4.44. The molecule has 0 saturated carbocycles. The van der Waals surface area contributed by atoms with Crippen LogP contribution in [-0.2, 0) is 10.0 Å². The molecule has 0 bridgehead atoms. The molecule has 0 aliphatic rings. The Kier molecular flexibility index (Phi) is 3.91. The highest BCUT2D eigenvalue weighted by Crippen LogP contribution is 2.29. The maximum atomic E-state index is 12.2. The highest BCUT2D eigenvalue weighted by Gasteiger charge is 2.21. The van der Waals surface area contributed by atoms with Crippen molar-refractivity contribution < 1.29 is 8.42 Å². The zero-order valence-corrected chi connectivity index (χ0v) is 12.8. The molecule has 19 heavy (non-hydrogen) atoms. The van der Waals surface area contributed by atoms with Crippen molar-refractivity contribution in [2.45, 2.75) is 11.1 Å². The van der Waals surface area contributed by atoms with Crippen molar-refractivity contribution in [2.75, 3.05) is 10.5 Å². The molecule has 0 atom stereocenters. The van der Waals surface area contributed by atoms with Crippen molar-refractivity contribution in [1.82, 2.24) is 4.98 Å². The average Bonchev–Trinajstić information content (AvgIpc) is 2.56. The summed E-state index contributed by atoms with van der Waals surface area (Å²) in [7, 11) is -3.75. The number of benzene rings is 1. The Hall–Kier alpha value is -1.02. The van der Waals surface area contributed by atoms with Crippen LogP contribution in [0.2, 0.25) is 10.0 Å². The summed E-state index contributed by atoms with van der Waals surface area (Å²) in [6.45, 7) is 1.58. The first-order valence-corrected chi connectivity index (χ1v) is 8.05. The van der Waals surface area contributed by atoms with Crippen LogP contribution in [0.15, 0.2) is 22.4 Å². The summed E-state index contributed by atoms with van der Waals surface area (Å²) in [4.78, 5) is 3.88. The van der Waals surface area contributed by atoms with Crippen molar-refractivity contribution in [3.63, 3.8) is 0 Å². The molecule has 1 aromatic heterocycles. The summed E-state index contributed by atoms with van der Waals surface area (Å²) in [5, 5.41) is 0.874. The number of hydrogen-bond donors (Lipinski definition) is 2. The minimum Gasteiger partial charge on any atom is -0.375 e. The molecule has 0 radical (unpaired) electrons. The van der Waals surface area contributed by atoms with Crippen LogP contribution in [-0.4, -0.2) is 13.4 Å². The van der Waals surface area contributed by atoms with E-state index in [1.807, 2.05) is 0 Å². The summed E-state index contributed by atoms with van der Waals surface area (Å²) >= 11 is 12.5. The average molecular weight is 338 g/mol. The third kappa shape index (κ3) is 3.30. The summed E-state index contributed by atoms with van der Waals surface area (Å²) < 4.78 is 26.8. The van der Waals surface area contributed by atoms with Crippen LogP contribution in [0.3, 0.4) is 0 Å². The number of aromatic nitrogens is 1. The fourth-order valence-electron chi connectivity index (χ4n) is 1.47. The summed E-state index contributed by atoms with van der Waals surface area (Å²) in [5.74, 6) is 0. The zero-order valence-electron chi connectivity index (χ0n) is 9.65. The second kappa shape index (κ2) is 5.16. The van der Waals surface area contributed by atoms with Gasteiger partial charge in [-0.2, -0.15) is 0 Å². The molecule has 0 saturated heterocycles. The summed E-state index contributed by atoms with van der Waals surface area (Å²) in [5.41, 5.74) is 6.12. The number of hydrogen-bond acceptors (Lipinski definition) is 5. The first-order valence-electron chi connectivity index (χ1n) is 5.00. The van der Waals surface area contributed by atoms with E-state index < -0.39 is 10.0 Å². The fraction of sp³-hybridized carbons (Fsp3) is 0.100. The largest absolute Gasteiger partial charge is 0.375 e. The lowest BCUT2D eigenvalue weighted by molar-refractivity contribution is 0.602. The predicted octanol–water partition coefficient (Wildman–Crippen LogP) is 3.14. The number of halogens is 2. The van der Waals surface area contributed by atoms with Gasteiger partial charge in [-0.15, -0.1) is 0 Å². The van der Waals surface area contributed by atoms with Crippen LogP contribution in [0.1, 0.15) is 5.69 Å². The number of nitrogen functional groups attached to an aromatic ring is 1. The van der Waals surface area contributed by atoms with Gasteiger partial charge in [0.05, 0.1) is 11.4 Å². The maximum absolute atomic E-state index is 12.2. The highest BCUT2D eigenvalue weighted by molar-refractivity contribution is 7.94. The standard InChI is InChI=1S/C10H9Cl2N3O2S2/c1-5-9(18-10(13)14-5)19(16,17)15-8-3-6(11)2-7(12)4-8/h2-4,15H,1H3,(H2,13,14). The molecular weight excluding hydrogens is 329 g/mol. The van der Waals surface area contributed by atoms with Crippen LogP contribution in [0.25, 0.3) is 0 Å². The topological polar surface area (TPSA) is 85.1 Å². The van der Waals surface area contributed by atoms with E-state index in [0.717, 1.165) is 11.3 Å². The van der Waals surface area contributed by atoms with Gasteiger partial charge in [-0.25, -0.2) is 13.4 Å². The number of nitrogens with zero attached hydrogens (tertiary/aromatic N) is 1. The van der Waals surface area contributed by atoms with Crippen LogP contribution in [0, 0.1) is 6.92 Å². The fourth-order valence-corrected chi connectivity index (χ4v) is 4.33. The second-order valence-electron chi connectivity index (χ2n) is 3.69. The predicted molar refractivity (Wildman–Crippen MR) is 78.5 cm³/mol. The Morgan fingerprint density at radius 3 is 2.32 bits per heavy atom. The Morgan fingerprint density at radius 2 is 1.84 bits per heavy atom. The van der Waals surface area contributed by atoms with Gasteiger partial charge in [0.15, 0.2) is 9.34 Å². The van der Waals surface area contributed by atoms with E-state index in [-0.39, 0.29) is 15.0 Å². The van der Waals surface area contributed by atoms with Gasteiger partial charge in [-0.1, -0.05) is 34.5 Å². The van der Waals surface area contributed by atoms with Crippen LogP contribution < -0.4 is 10.5 Å². The number of nitrogens with two attached hydrogens (primary N) is 1. The number of aryl methyl sites for hydroxylation is 1. The van der Waals surface area contributed by atoms with Crippen LogP contribution in [0.5, 0.6) is 0 Å². The molecule has 102 valence electrons. The lowest BCUT2D eigenvalue weighted by Gasteiger charge is -2.07. The molecule has 0 aliphatic heterocycles. The smallest absolute Gasteiger partial charge is 0.273 e. The molecule has 0 unspecified atom stereocenters. The van der Waals surface area contributed by atoms with Crippen molar-refractivity contribution in [3.8, 4) is 0 Å². The van der Waals surface area contributed by atoms with E-state index in [1.54, 1.807) is 6.92 Å². The molecule has 1 aromatic carbocycles. The Bertz CT molecular complexity index is 708. The van der Waals surface area contributed by atoms with Gasteiger partial charge in [-0.3, -0.25) is 4.72 Å². The van der Waals surface area contributed by atoms with Crippen molar-refractivity contribution in [3.05, 3.63) is 33.9 Å². The molecule has 0 aliphatic carbocycles. The van der Waals surface area contributed by atoms with E-state index in [1.165, 1.54) is 18.2 Å². The lowest BCUT2D eigenvalue weighted by atomic mass is 10.3. The molecule has 3 N–H and O–H groups in total. The molecule has 1 heterocycles. The Morgan fingerprint density at radius 1 is 1.26 bits per heavy atom. The quantitative estimate of drug-likeness (QED) is 0.900. The zero-order chi connectivity index (χ0) is 14.2. The van der Waals surface area contributed by atoms with Crippen LogP contribution >= 0.6 is 34.5 Å². The maximum Gasteiger partial charge on any atom is 0.273 e. The molecule has 5 nitrogen and oxygen atoms in total.